The van der Waals surface area contributed by atoms with Crippen LogP contribution < -0.4 is 10.5 Å². The van der Waals surface area contributed by atoms with Gasteiger partial charge in [0.25, 0.3) is 0 Å². The summed E-state index contributed by atoms with van der Waals surface area (Å²) in [6.45, 7) is 2.57. The van der Waals surface area contributed by atoms with Crippen molar-refractivity contribution in [2.45, 2.75) is 31.4 Å². The van der Waals surface area contributed by atoms with Crippen molar-refractivity contribution < 1.29 is 13.9 Å². The van der Waals surface area contributed by atoms with Gasteiger partial charge in [0.2, 0.25) is 0 Å². The summed E-state index contributed by atoms with van der Waals surface area (Å²) in [5.74, 6) is 0.216. The summed E-state index contributed by atoms with van der Waals surface area (Å²) in [5.41, 5.74) is 6.61. The second-order valence-corrected chi connectivity index (χ2v) is 5.65. The van der Waals surface area contributed by atoms with E-state index in [1.54, 1.807) is 12.1 Å². The zero-order valence-corrected chi connectivity index (χ0v) is 12.8. The maximum Gasteiger partial charge on any atom is 0.131 e. The molecule has 5 heteroatoms. The number of benzene rings is 1. The molecule has 0 radical (unpaired) electrons. The second kappa shape index (κ2) is 7.73. The first-order valence-electron chi connectivity index (χ1n) is 7.50. The van der Waals surface area contributed by atoms with E-state index in [1.165, 1.54) is 13.2 Å². The number of rotatable bonds is 7. The molecule has 118 valence electrons. The van der Waals surface area contributed by atoms with Gasteiger partial charge in [-0.25, -0.2) is 4.39 Å². The van der Waals surface area contributed by atoms with Crippen molar-refractivity contribution in [3.63, 3.8) is 0 Å². The summed E-state index contributed by atoms with van der Waals surface area (Å²) in [5, 5.41) is 0. The summed E-state index contributed by atoms with van der Waals surface area (Å²) >= 11 is 0. The predicted octanol–water partition coefficient (Wildman–Crippen LogP) is 2.33. The molecule has 1 aromatic rings. The van der Waals surface area contributed by atoms with E-state index in [0.29, 0.717) is 23.8 Å². The summed E-state index contributed by atoms with van der Waals surface area (Å²) in [4.78, 5) is 2.20. The second-order valence-electron chi connectivity index (χ2n) is 5.65. The fourth-order valence-electron chi connectivity index (χ4n) is 2.79. The van der Waals surface area contributed by atoms with Gasteiger partial charge in [-0.1, -0.05) is 6.07 Å². The molecular weight excluding hydrogens is 271 g/mol. The van der Waals surface area contributed by atoms with E-state index in [-0.39, 0.29) is 11.9 Å². The average Bonchev–Trinajstić information content (AvgIpc) is 2.97. The Hall–Kier alpha value is -1.17. The molecular formula is C16H25FN2O2. The molecule has 2 rings (SSSR count). The summed E-state index contributed by atoms with van der Waals surface area (Å²) < 4.78 is 24.8. The third kappa shape index (κ3) is 4.40. The first-order valence-corrected chi connectivity index (χ1v) is 7.50. The van der Waals surface area contributed by atoms with E-state index < -0.39 is 0 Å². The number of methoxy groups -OCH3 is 1. The highest BCUT2D eigenvalue weighted by atomic mass is 19.1. The molecule has 0 spiro atoms. The molecule has 1 saturated heterocycles. The van der Waals surface area contributed by atoms with E-state index >= 15 is 0 Å². The Bertz CT molecular complexity index is 450. The summed E-state index contributed by atoms with van der Waals surface area (Å²) in [6, 6.07) is 4.43. The molecule has 1 aliphatic heterocycles. The minimum atomic E-state index is -0.368. The van der Waals surface area contributed by atoms with Gasteiger partial charge < -0.3 is 20.1 Å². The van der Waals surface area contributed by atoms with Crippen LogP contribution in [0.3, 0.4) is 0 Å². The lowest BCUT2D eigenvalue weighted by atomic mass is 10.0. The van der Waals surface area contributed by atoms with Gasteiger partial charge in [-0.3, -0.25) is 0 Å². The lowest BCUT2D eigenvalue weighted by Gasteiger charge is -2.23. The first-order chi connectivity index (χ1) is 10.1. The number of nitrogens with zero attached hydrogens (tertiary/aromatic N) is 1. The third-order valence-electron chi connectivity index (χ3n) is 3.96. The zero-order valence-electron chi connectivity index (χ0n) is 12.8. The number of hydrogen-bond donors (Lipinski definition) is 1. The molecule has 0 bridgehead atoms. The predicted molar refractivity (Wildman–Crippen MR) is 81.0 cm³/mol. The monoisotopic (exact) mass is 296 g/mol. The number of hydrogen-bond acceptors (Lipinski definition) is 4. The Labute approximate surface area is 126 Å². The molecule has 1 fully saturated rings. The van der Waals surface area contributed by atoms with Gasteiger partial charge in [-0.2, -0.15) is 0 Å². The van der Waals surface area contributed by atoms with Crippen molar-refractivity contribution in [2.24, 2.45) is 5.73 Å². The van der Waals surface area contributed by atoms with Crippen molar-refractivity contribution in [1.29, 1.82) is 0 Å². The van der Waals surface area contributed by atoms with E-state index in [9.17, 15) is 4.39 Å². The molecule has 1 aromatic carbocycles. The van der Waals surface area contributed by atoms with Crippen LogP contribution in [0.2, 0.25) is 0 Å². The quantitative estimate of drug-likeness (QED) is 0.839. The molecule has 21 heavy (non-hydrogen) atoms. The van der Waals surface area contributed by atoms with Gasteiger partial charge in [0, 0.05) is 24.8 Å². The SMILES string of the molecule is COc1cccc(F)c1C(N)CCN(C)CC1CCCO1. The lowest BCUT2D eigenvalue weighted by molar-refractivity contribution is 0.0803. The molecule has 0 aromatic heterocycles. The van der Waals surface area contributed by atoms with Crippen molar-refractivity contribution >= 4 is 0 Å². The fourth-order valence-corrected chi connectivity index (χ4v) is 2.79. The van der Waals surface area contributed by atoms with Gasteiger partial charge in [-0.05, 0) is 45.0 Å². The zero-order chi connectivity index (χ0) is 15.2. The lowest BCUT2D eigenvalue weighted by Crippen LogP contribution is -2.31. The minimum absolute atomic E-state index is 0.302. The normalized spacial score (nSPS) is 20.0. The molecule has 1 aliphatic rings. The molecule has 2 atom stereocenters. The van der Waals surface area contributed by atoms with Crippen LogP contribution in [-0.2, 0) is 4.74 Å². The fraction of sp³-hybridized carbons (Fsp3) is 0.625. The highest BCUT2D eigenvalue weighted by Gasteiger charge is 2.20. The van der Waals surface area contributed by atoms with Gasteiger partial charge in [0.1, 0.15) is 11.6 Å². The first kappa shape index (κ1) is 16.2. The van der Waals surface area contributed by atoms with Crippen LogP contribution in [-0.4, -0.2) is 44.9 Å². The molecule has 0 saturated carbocycles. The maximum absolute atomic E-state index is 13.9. The Balaban J connectivity index is 1.87. The van der Waals surface area contributed by atoms with Gasteiger partial charge in [-0.15, -0.1) is 0 Å². The number of likely N-dealkylation sites (N-methyl/N-ethyl adjacent to an activating group) is 1. The van der Waals surface area contributed by atoms with E-state index in [4.69, 9.17) is 15.2 Å². The highest BCUT2D eigenvalue weighted by Crippen LogP contribution is 2.28. The van der Waals surface area contributed by atoms with Gasteiger partial charge >= 0.3 is 0 Å². The Kier molecular flexibility index (Phi) is 5.96. The molecule has 2 N–H and O–H groups in total. The Morgan fingerprint density at radius 3 is 3.00 bits per heavy atom. The number of nitrogens with two attached hydrogens (primary N) is 1. The third-order valence-corrected chi connectivity index (χ3v) is 3.96. The van der Waals surface area contributed by atoms with Crippen LogP contribution in [0, 0.1) is 5.82 Å². The standard InChI is InChI=1S/C16H25FN2O2/c1-19(11-12-5-4-10-21-12)9-8-14(18)16-13(17)6-3-7-15(16)20-2/h3,6-7,12,14H,4-5,8-11,18H2,1-2H3. The van der Waals surface area contributed by atoms with Gasteiger partial charge in [0.15, 0.2) is 0 Å². The molecule has 1 heterocycles. The van der Waals surface area contributed by atoms with E-state index in [0.717, 1.165) is 32.5 Å². The molecule has 2 unspecified atom stereocenters. The van der Waals surface area contributed by atoms with Crippen LogP contribution in [0.1, 0.15) is 30.9 Å². The smallest absolute Gasteiger partial charge is 0.131 e. The highest BCUT2D eigenvalue weighted by molar-refractivity contribution is 5.37. The molecule has 0 amide bonds. The average molecular weight is 296 g/mol. The Morgan fingerprint density at radius 1 is 1.52 bits per heavy atom. The van der Waals surface area contributed by atoms with Crippen molar-refractivity contribution in [3.05, 3.63) is 29.6 Å². The topological polar surface area (TPSA) is 47.7 Å². The number of halogens is 1. The Morgan fingerprint density at radius 2 is 2.33 bits per heavy atom. The molecule has 4 nitrogen and oxygen atoms in total. The van der Waals surface area contributed by atoms with E-state index in [1.807, 2.05) is 7.05 Å². The van der Waals surface area contributed by atoms with Crippen molar-refractivity contribution in [3.8, 4) is 5.75 Å². The minimum Gasteiger partial charge on any atom is -0.496 e. The van der Waals surface area contributed by atoms with Crippen molar-refractivity contribution in [2.75, 3.05) is 33.9 Å². The maximum atomic E-state index is 13.9. The number of ether oxygens (including phenoxy) is 2. The summed E-state index contributed by atoms with van der Waals surface area (Å²) in [7, 11) is 3.58. The van der Waals surface area contributed by atoms with Crippen LogP contribution in [0.5, 0.6) is 5.75 Å². The van der Waals surface area contributed by atoms with Crippen molar-refractivity contribution in [1.82, 2.24) is 4.90 Å². The van der Waals surface area contributed by atoms with Crippen LogP contribution in [0.15, 0.2) is 18.2 Å². The van der Waals surface area contributed by atoms with Crippen LogP contribution >= 0.6 is 0 Å². The molecule has 0 aliphatic carbocycles. The largest absolute Gasteiger partial charge is 0.496 e. The van der Waals surface area contributed by atoms with Gasteiger partial charge in [0.05, 0.1) is 13.2 Å². The summed E-state index contributed by atoms with van der Waals surface area (Å²) in [6.07, 6.45) is 3.27. The van der Waals surface area contributed by atoms with E-state index in [2.05, 4.69) is 4.90 Å². The van der Waals surface area contributed by atoms with Crippen LogP contribution in [0.25, 0.3) is 0 Å². The van der Waals surface area contributed by atoms with Crippen LogP contribution in [0.4, 0.5) is 4.39 Å².